The number of benzene rings is 2. The molecule has 5 nitrogen and oxygen atoms in total. The first kappa shape index (κ1) is 25.3. The van der Waals surface area contributed by atoms with Crippen molar-refractivity contribution < 1.29 is 23.8 Å². The van der Waals surface area contributed by atoms with E-state index in [4.69, 9.17) is 14.2 Å². The Morgan fingerprint density at radius 1 is 0.943 bits per heavy atom. The van der Waals surface area contributed by atoms with Gasteiger partial charge in [0.15, 0.2) is 5.75 Å². The van der Waals surface area contributed by atoms with E-state index in [1.54, 1.807) is 0 Å². The Hall–Kier alpha value is -2.82. The summed E-state index contributed by atoms with van der Waals surface area (Å²) in [5, 5.41) is 0. The van der Waals surface area contributed by atoms with Crippen LogP contribution in [0.2, 0.25) is 0 Å². The van der Waals surface area contributed by atoms with Crippen molar-refractivity contribution in [1.29, 1.82) is 0 Å². The molecule has 2 aliphatic heterocycles. The Balaban J connectivity index is 1.97. The molecule has 0 amide bonds. The second-order valence-corrected chi connectivity index (χ2v) is 10.6. The molecule has 1 atom stereocenters. The smallest absolute Gasteiger partial charge is 0.345 e. The highest BCUT2D eigenvalue weighted by Crippen LogP contribution is 2.54. The first-order valence-electron chi connectivity index (χ1n) is 13.0. The van der Waals surface area contributed by atoms with E-state index in [9.17, 15) is 9.59 Å². The predicted octanol–water partition coefficient (Wildman–Crippen LogP) is 7.44. The molecule has 0 radical (unpaired) electrons. The standard InChI is InChI=1S/C30H38O5/c1-7-9-11-12-21-17-24-26(22-16-19(3)13-14-23(22)29(5,6)33-24)27-25(21)28(32)35-30(34-27,15-10-8-2)18-20(4)31/h13-14,16-17H,7-12,15,18H2,1-6H3. The van der Waals surface area contributed by atoms with Crippen LogP contribution >= 0.6 is 0 Å². The number of hydrogen-bond acceptors (Lipinski definition) is 5. The van der Waals surface area contributed by atoms with Crippen LogP contribution in [0.25, 0.3) is 11.1 Å². The zero-order valence-electron chi connectivity index (χ0n) is 22.0. The molecule has 2 aromatic rings. The molecule has 0 aromatic heterocycles. The second kappa shape index (κ2) is 9.67. The van der Waals surface area contributed by atoms with Gasteiger partial charge in [0.1, 0.15) is 22.7 Å². The van der Waals surface area contributed by atoms with Crippen molar-refractivity contribution in [2.75, 3.05) is 0 Å². The highest BCUT2D eigenvalue weighted by molar-refractivity contribution is 6.01. The lowest BCUT2D eigenvalue weighted by molar-refractivity contribution is -0.169. The van der Waals surface area contributed by atoms with Crippen LogP contribution in [0.5, 0.6) is 11.5 Å². The molecule has 5 heteroatoms. The zero-order valence-corrected chi connectivity index (χ0v) is 22.0. The Labute approximate surface area is 209 Å². The summed E-state index contributed by atoms with van der Waals surface area (Å²) in [6.07, 6.45) is 6.04. The van der Waals surface area contributed by atoms with Crippen molar-refractivity contribution in [3.63, 3.8) is 0 Å². The number of rotatable bonds is 9. The van der Waals surface area contributed by atoms with Crippen molar-refractivity contribution in [1.82, 2.24) is 0 Å². The average Bonchev–Trinajstić information content (AvgIpc) is 2.76. The summed E-state index contributed by atoms with van der Waals surface area (Å²) >= 11 is 0. The second-order valence-electron chi connectivity index (χ2n) is 10.6. The SMILES string of the molecule is CCCCCc1cc2c(c3c1C(=O)OC(CCCC)(CC(C)=O)O3)-c1cc(C)ccc1C(C)(C)O2. The van der Waals surface area contributed by atoms with Crippen LogP contribution in [0.15, 0.2) is 24.3 Å². The molecular formula is C30H38O5. The molecule has 4 rings (SSSR count). The minimum Gasteiger partial charge on any atom is -0.482 e. The van der Waals surface area contributed by atoms with Gasteiger partial charge in [0, 0.05) is 12.0 Å². The van der Waals surface area contributed by atoms with Crippen LogP contribution in [-0.2, 0) is 21.6 Å². The summed E-state index contributed by atoms with van der Waals surface area (Å²) in [6, 6.07) is 8.32. The molecule has 188 valence electrons. The molecule has 0 saturated carbocycles. The van der Waals surface area contributed by atoms with E-state index >= 15 is 0 Å². The van der Waals surface area contributed by atoms with Crippen LogP contribution in [0.3, 0.4) is 0 Å². The molecule has 0 aliphatic carbocycles. The zero-order chi connectivity index (χ0) is 25.4. The number of ether oxygens (including phenoxy) is 3. The van der Waals surface area contributed by atoms with Gasteiger partial charge >= 0.3 is 5.97 Å². The van der Waals surface area contributed by atoms with Crippen molar-refractivity contribution >= 4 is 11.8 Å². The van der Waals surface area contributed by atoms with Crippen molar-refractivity contribution in [3.05, 3.63) is 46.5 Å². The number of unbranched alkanes of at least 4 members (excludes halogenated alkanes) is 3. The summed E-state index contributed by atoms with van der Waals surface area (Å²) in [7, 11) is 0. The molecule has 0 saturated heterocycles. The normalized spacial score (nSPS) is 19.5. The molecule has 0 spiro atoms. The van der Waals surface area contributed by atoms with Crippen LogP contribution < -0.4 is 9.47 Å². The topological polar surface area (TPSA) is 61.8 Å². The van der Waals surface area contributed by atoms with Gasteiger partial charge in [0.05, 0.1) is 12.0 Å². The van der Waals surface area contributed by atoms with E-state index in [1.165, 1.54) is 6.92 Å². The minimum atomic E-state index is -1.29. The van der Waals surface area contributed by atoms with E-state index in [0.717, 1.165) is 72.1 Å². The number of ketones is 1. The van der Waals surface area contributed by atoms with E-state index in [-0.39, 0.29) is 12.2 Å². The molecule has 2 aromatic carbocycles. The number of Topliss-reactive ketones (excluding diaryl/α,β-unsaturated/α-hetero) is 1. The number of esters is 1. The molecule has 2 heterocycles. The van der Waals surface area contributed by atoms with Crippen LogP contribution in [-0.4, -0.2) is 17.5 Å². The molecule has 0 N–H and O–H groups in total. The summed E-state index contributed by atoms with van der Waals surface area (Å²) in [5.41, 5.74) is 4.80. The third-order valence-electron chi connectivity index (χ3n) is 7.04. The summed E-state index contributed by atoms with van der Waals surface area (Å²) in [6.45, 7) is 11.9. The van der Waals surface area contributed by atoms with Gasteiger partial charge in [-0.25, -0.2) is 4.79 Å². The Morgan fingerprint density at radius 2 is 1.69 bits per heavy atom. The monoisotopic (exact) mass is 478 g/mol. The van der Waals surface area contributed by atoms with Gasteiger partial charge in [0.25, 0.3) is 5.79 Å². The molecular weight excluding hydrogens is 440 g/mol. The maximum atomic E-state index is 13.6. The largest absolute Gasteiger partial charge is 0.482 e. The van der Waals surface area contributed by atoms with Gasteiger partial charge in [-0.15, -0.1) is 0 Å². The van der Waals surface area contributed by atoms with Crippen molar-refractivity contribution in [3.8, 4) is 22.6 Å². The Kier molecular flexibility index (Phi) is 6.99. The number of aryl methyl sites for hydroxylation is 2. The van der Waals surface area contributed by atoms with Crippen molar-refractivity contribution in [2.24, 2.45) is 0 Å². The van der Waals surface area contributed by atoms with Crippen LogP contribution in [0, 0.1) is 6.92 Å². The van der Waals surface area contributed by atoms with Gasteiger partial charge in [0.2, 0.25) is 0 Å². The summed E-state index contributed by atoms with van der Waals surface area (Å²) in [4.78, 5) is 25.9. The lowest BCUT2D eigenvalue weighted by atomic mass is 9.82. The third kappa shape index (κ3) is 4.82. The first-order valence-corrected chi connectivity index (χ1v) is 13.0. The third-order valence-corrected chi connectivity index (χ3v) is 7.04. The maximum absolute atomic E-state index is 13.6. The molecule has 1 unspecified atom stereocenters. The lowest BCUT2D eigenvalue weighted by Crippen LogP contribution is -2.47. The molecule has 0 fully saturated rings. The van der Waals surface area contributed by atoms with Crippen LogP contribution in [0.4, 0.5) is 0 Å². The minimum absolute atomic E-state index is 0.0278. The predicted molar refractivity (Wildman–Crippen MR) is 137 cm³/mol. The summed E-state index contributed by atoms with van der Waals surface area (Å²) in [5.74, 6) is -0.542. The fraction of sp³-hybridized carbons (Fsp3) is 0.533. The lowest BCUT2D eigenvalue weighted by Gasteiger charge is -2.42. The molecule has 2 aliphatic rings. The number of carbonyl (C=O) groups is 2. The van der Waals surface area contributed by atoms with Gasteiger partial charge in [-0.1, -0.05) is 56.9 Å². The molecule has 0 bridgehead atoms. The highest BCUT2D eigenvalue weighted by Gasteiger charge is 2.47. The van der Waals surface area contributed by atoms with Gasteiger partial charge < -0.3 is 14.2 Å². The average molecular weight is 479 g/mol. The fourth-order valence-electron chi connectivity index (χ4n) is 5.34. The number of hydrogen-bond donors (Lipinski definition) is 0. The maximum Gasteiger partial charge on any atom is 0.345 e. The van der Waals surface area contributed by atoms with Crippen LogP contribution in [0.1, 0.15) is 107 Å². The van der Waals surface area contributed by atoms with Gasteiger partial charge in [-0.05, 0) is 64.2 Å². The van der Waals surface area contributed by atoms with Crippen molar-refractivity contribution in [2.45, 2.75) is 104 Å². The first-order chi connectivity index (χ1) is 16.6. The Bertz CT molecular complexity index is 1150. The fourth-order valence-corrected chi connectivity index (χ4v) is 5.34. The molecule has 35 heavy (non-hydrogen) atoms. The van der Waals surface area contributed by atoms with E-state index in [0.29, 0.717) is 17.7 Å². The van der Waals surface area contributed by atoms with E-state index in [2.05, 4.69) is 52.8 Å². The Morgan fingerprint density at radius 3 is 2.37 bits per heavy atom. The quantitative estimate of drug-likeness (QED) is 0.277. The number of carbonyl (C=O) groups excluding carboxylic acids is 2. The number of cyclic esters (lactones) is 1. The van der Waals surface area contributed by atoms with E-state index < -0.39 is 17.4 Å². The van der Waals surface area contributed by atoms with Gasteiger partial charge in [-0.2, -0.15) is 0 Å². The highest BCUT2D eigenvalue weighted by atomic mass is 16.7. The van der Waals surface area contributed by atoms with Gasteiger partial charge in [-0.3, -0.25) is 4.79 Å². The number of fused-ring (bicyclic) bond motifs is 5. The summed E-state index contributed by atoms with van der Waals surface area (Å²) < 4.78 is 19.2. The van der Waals surface area contributed by atoms with E-state index in [1.807, 2.05) is 6.07 Å².